The number of benzene rings is 1. The van der Waals surface area contributed by atoms with E-state index in [0.717, 1.165) is 19.5 Å². The fraction of sp³-hybridized carbons (Fsp3) is 0.471. The lowest BCUT2D eigenvalue weighted by Gasteiger charge is -2.21. The van der Waals surface area contributed by atoms with Crippen molar-refractivity contribution in [1.82, 2.24) is 15.1 Å². The fourth-order valence-corrected chi connectivity index (χ4v) is 2.63. The molecule has 3 nitrogen and oxygen atoms in total. The summed E-state index contributed by atoms with van der Waals surface area (Å²) in [5, 5.41) is 8.29. The summed E-state index contributed by atoms with van der Waals surface area (Å²) in [4.78, 5) is 0. The second-order valence-corrected chi connectivity index (χ2v) is 5.08. The second kappa shape index (κ2) is 6.71. The van der Waals surface area contributed by atoms with Crippen LogP contribution < -0.4 is 5.32 Å². The van der Waals surface area contributed by atoms with Gasteiger partial charge < -0.3 is 5.32 Å². The molecule has 0 aliphatic rings. The predicted molar refractivity (Wildman–Crippen MR) is 84.0 cm³/mol. The average molecular weight is 271 g/mol. The lowest BCUT2D eigenvalue weighted by Crippen LogP contribution is -2.25. The summed E-state index contributed by atoms with van der Waals surface area (Å²) >= 11 is 0. The highest BCUT2D eigenvalue weighted by Crippen LogP contribution is 2.25. The topological polar surface area (TPSA) is 29.9 Å². The number of hydrogen-bond donors (Lipinski definition) is 1. The van der Waals surface area contributed by atoms with Crippen molar-refractivity contribution in [3.05, 3.63) is 52.8 Å². The summed E-state index contributed by atoms with van der Waals surface area (Å²) < 4.78 is 2.12. The van der Waals surface area contributed by atoms with Gasteiger partial charge in [0.25, 0.3) is 0 Å². The molecular weight excluding hydrogens is 246 g/mol. The molecule has 0 spiro atoms. The van der Waals surface area contributed by atoms with Crippen LogP contribution in [0, 0.1) is 6.92 Å². The Morgan fingerprint density at radius 3 is 2.55 bits per heavy atom. The predicted octanol–water partition coefficient (Wildman–Crippen LogP) is 3.47. The number of rotatable bonds is 6. The van der Waals surface area contributed by atoms with Gasteiger partial charge in [-0.05, 0) is 44.0 Å². The molecule has 1 aromatic heterocycles. The molecule has 0 fully saturated rings. The van der Waals surface area contributed by atoms with Crippen LogP contribution in [0.5, 0.6) is 0 Å². The molecule has 0 saturated carbocycles. The molecule has 1 aromatic carbocycles. The van der Waals surface area contributed by atoms with Crippen LogP contribution in [0.2, 0.25) is 0 Å². The number of aromatic nitrogens is 2. The van der Waals surface area contributed by atoms with Gasteiger partial charge in [-0.2, -0.15) is 5.10 Å². The van der Waals surface area contributed by atoms with Gasteiger partial charge in [0.15, 0.2) is 0 Å². The van der Waals surface area contributed by atoms with E-state index in [4.69, 9.17) is 0 Å². The number of nitrogens with one attached hydrogen (secondary N) is 1. The van der Waals surface area contributed by atoms with Crippen LogP contribution in [0.3, 0.4) is 0 Å². The maximum atomic E-state index is 4.68. The summed E-state index contributed by atoms with van der Waals surface area (Å²) in [5.41, 5.74) is 5.09. The molecule has 0 aliphatic heterocycles. The van der Waals surface area contributed by atoms with E-state index in [1.807, 2.05) is 0 Å². The van der Waals surface area contributed by atoms with Crippen molar-refractivity contribution in [2.24, 2.45) is 0 Å². The molecule has 0 bridgehead atoms. The Balaban J connectivity index is 2.48. The van der Waals surface area contributed by atoms with Crippen LogP contribution in [0.4, 0.5) is 0 Å². The Labute approximate surface area is 122 Å². The molecule has 1 unspecified atom stereocenters. The Hall–Kier alpha value is -1.61. The van der Waals surface area contributed by atoms with Crippen LogP contribution >= 0.6 is 0 Å². The highest BCUT2D eigenvalue weighted by atomic mass is 15.3. The van der Waals surface area contributed by atoms with E-state index in [2.05, 4.69) is 73.1 Å². The number of aryl methyl sites for hydroxylation is 3. The molecule has 1 atom stereocenters. The van der Waals surface area contributed by atoms with Gasteiger partial charge in [0.05, 0.1) is 17.4 Å². The van der Waals surface area contributed by atoms with E-state index >= 15 is 0 Å². The number of hydrogen-bond acceptors (Lipinski definition) is 2. The molecule has 1 heterocycles. The third-order valence-electron chi connectivity index (χ3n) is 3.73. The van der Waals surface area contributed by atoms with Crippen molar-refractivity contribution in [2.45, 2.75) is 46.7 Å². The lowest BCUT2D eigenvalue weighted by molar-refractivity contribution is 0.539. The smallest absolute Gasteiger partial charge is 0.0750 e. The Bertz CT molecular complexity index is 557. The molecular formula is C17H25N3. The molecule has 2 rings (SSSR count). The van der Waals surface area contributed by atoms with Crippen molar-refractivity contribution in [2.75, 3.05) is 6.54 Å². The normalized spacial score (nSPS) is 12.6. The van der Waals surface area contributed by atoms with Crippen molar-refractivity contribution < 1.29 is 0 Å². The minimum Gasteiger partial charge on any atom is -0.305 e. The average Bonchev–Trinajstić information content (AvgIpc) is 2.89. The van der Waals surface area contributed by atoms with Crippen LogP contribution in [0.1, 0.15) is 49.3 Å². The molecule has 3 heteroatoms. The molecule has 2 aromatic rings. The van der Waals surface area contributed by atoms with Crippen LogP contribution in [-0.4, -0.2) is 16.3 Å². The van der Waals surface area contributed by atoms with Gasteiger partial charge in [0, 0.05) is 6.54 Å². The third kappa shape index (κ3) is 2.93. The summed E-state index contributed by atoms with van der Waals surface area (Å²) in [7, 11) is 0. The van der Waals surface area contributed by atoms with Crippen molar-refractivity contribution >= 4 is 0 Å². The third-order valence-corrected chi connectivity index (χ3v) is 3.73. The van der Waals surface area contributed by atoms with Crippen molar-refractivity contribution in [3.8, 4) is 0 Å². The fourth-order valence-electron chi connectivity index (χ4n) is 2.63. The van der Waals surface area contributed by atoms with Crippen molar-refractivity contribution in [3.63, 3.8) is 0 Å². The van der Waals surface area contributed by atoms with Gasteiger partial charge in [-0.3, -0.25) is 4.68 Å². The first-order valence-electron chi connectivity index (χ1n) is 7.56. The number of nitrogens with zero attached hydrogens (tertiary/aromatic N) is 2. The van der Waals surface area contributed by atoms with Crippen LogP contribution in [-0.2, 0) is 13.0 Å². The maximum Gasteiger partial charge on any atom is 0.0750 e. The molecule has 0 saturated heterocycles. The molecule has 0 radical (unpaired) electrons. The first-order valence-corrected chi connectivity index (χ1v) is 7.56. The Kier molecular flexibility index (Phi) is 4.96. The first-order chi connectivity index (χ1) is 9.71. The van der Waals surface area contributed by atoms with Gasteiger partial charge in [-0.25, -0.2) is 0 Å². The lowest BCUT2D eigenvalue weighted by atomic mass is 9.98. The Morgan fingerprint density at radius 2 is 1.95 bits per heavy atom. The summed E-state index contributed by atoms with van der Waals surface area (Å²) in [6, 6.07) is 11.0. The van der Waals surface area contributed by atoms with E-state index in [9.17, 15) is 0 Å². The molecule has 108 valence electrons. The van der Waals surface area contributed by atoms with E-state index < -0.39 is 0 Å². The molecule has 0 amide bonds. The van der Waals surface area contributed by atoms with E-state index in [-0.39, 0.29) is 6.04 Å². The van der Waals surface area contributed by atoms with E-state index in [1.54, 1.807) is 0 Å². The first kappa shape index (κ1) is 14.8. The van der Waals surface area contributed by atoms with Gasteiger partial charge in [-0.1, -0.05) is 38.1 Å². The summed E-state index contributed by atoms with van der Waals surface area (Å²) in [5.74, 6) is 0. The minimum atomic E-state index is 0.217. The highest BCUT2D eigenvalue weighted by Gasteiger charge is 2.19. The standard InChI is InChI=1S/C17H25N3/c1-5-14-12-16(20(7-3)19-14)17(18-6-2)15-11-9-8-10-13(15)4/h8-12,17-18H,5-7H2,1-4H3. The quantitative estimate of drug-likeness (QED) is 0.872. The van der Waals surface area contributed by atoms with Gasteiger partial charge in [0.2, 0.25) is 0 Å². The van der Waals surface area contributed by atoms with Gasteiger partial charge >= 0.3 is 0 Å². The maximum absolute atomic E-state index is 4.68. The molecule has 0 aliphatic carbocycles. The van der Waals surface area contributed by atoms with E-state index in [0.29, 0.717) is 0 Å². The van der Waals surface area contributed by atoms with Gasteiger partial charge in [-0.15, -0.1) is 0 Å². The van der Waals surface area contributed by atoms with Gasteiger partial charge in [0.1, 0.15) is 0 Å². The zero-order chi connectivity index (χ0) is 14.5. The molecule has 20 heavy (non-hydrogen) atoms. The molecule has 1 N–H and O–H groups in total. The SMILES string of the molecule is CCNC(c1ccccc1C)c1cc(CC)nn1CC. The summed E-state index contributed by atoms with van der Waals surface area (Å²) in [6.07, 6.45) is 0.979. The second-order valence-electron chi connectivity index (χ2n) is 5.08. The minimum absolute atomic E-state index is 0.217. The highest BCUT2D eigenvalue weighted by molar-refractivity contribution is 5.35. The zero-order valence-corrected chi connectivity index (χ0v) is 13.0. The summed E-state index contributed by atoms with van der Waals surface area (Å²) in [6.45, 7) is 10.5. The van der Waals surface area contributed by atoms with E-state index in [1.165, 1.54) is 22.5 Å². The Morgan fingerprint density at radius 1 is 1.20 bits per heavy atom. The zero-order valence-electron chi connectivity index (χ0n) is 13.0. The van der Waals surface area contributed by atoms with Crippen LogP contribution in [0.15, 0.2) is 30.3 Å². The monoisotopic (exact) mass is 271 g/mol. The largest absolute Gasteiger partial charge is 0.305 e. The van der Waals surface area contributed by atoms with Crippen LogP contribution in [0.25, 0.3) is 0 Å². The van der Waals surface area contributed by atoms with Crippen molar-refractivity contribution in [1.29, 1.82) is 0 Å².